The van der Waals surface area contributed by atoms with E-state index in [-0.39, 0.29) is 6.61 Å². The number of nitrogens with two attached hydrogens (primary N) is 1. The Balaban J connectivity index is 1.69. The molecule has 0 fully saturated rings. The van der Waals surface area contributed by atoms with E-state index in [2.05, 4.69) is 30.7 Å². The Morgan fingerprint density at radius 1 is 1.15 bits per heavy atom. The fraction of sp³-hybridized carbons (Fsp3) is 0.174. The van der Waals surface area contributed by atoms with Crippen LogP contribution in [0.5, 0.6) is 0 Å². The molecule has 0 saturated heterocycles. The number of amides is 1. The first kappa shape index (κ1) is 21.9. The van der Waals surface area contributed by atoms with Crippen LogP contribution in [0.4, 0.5) is 17.5 Å². The molecule has 0 aliphatic carbocycles. The Morgan fingerprint density at radius 3 is 2.58 bits per heavy atom. The zero-order valence-electron chi connectivity index (χ0n) is 18.1. The van der Waals surface area contributed by atoms with Gasteiger partial charge in [0.05, 0.1) is 18.2 Å². The average Bonchev–Trinajstić information content (AvgIpc) is 3.24. The normalized spacial score (nSPS) is 11.7. The lowest BCUT2D eigenvalue weighted by atomic mass is 10.1. The smallest absolute Gasteiger partial charge is 0.248 e. The van der Waals surface area contributed by atoms with Crippen molar-refractivity contribution in [2.24, 2.45) is 5.73 Å². The van der Waals surface area contributed by atoms with Gasteiger partial charge in [0.2, 0.25) is 23.6 Å². The third-order valence-corrected chi connectivity index (χ3v) is 5.00. The highest BCUT2D eigenvalue weighted by molar-refractivity contribution is 5.94. The highest BCUT2D eigenvalue weighted by Crippen LogP contribution is 2.29. The lowest BCUT2D eigenvalue weighted by Crippen LogP contribution is -2.17. The zero-order chi connectivity index (χ0) is 23.4. The van der Waals surface area contributed by atoms with Gasteiger partial charge in [-0.25, -0.2) is 4.98 Å². The van der Waals surface area contributed by atoms with Crippen LogP contribution in [-0.4, -0.2) is 37.7 Å². The summed E-state index contributed by atoms with van der Waals surface area (Å²) in [6.07, 6.45) is 1.58. The molecule has 2 aromatic carbocycles. The molecule has 168 valence electrons. The van der Waals surface area contributed by atoms with Crippen LogP contribution in [0.3, 0.4) is 0 Å². The number of aliphatic hydroxyl groups is 1. The van der Waals surface area contributed by atoms with Crippen LogP contribution in [-0.2, 0) is 0 Å². The van der Waals surface area contributed by atoms with Gasteiger partial charge in [0, 0.05) is 24.4 Å². The number of carbonyl (C=O) groups excluding carboxylic acids is 1. The van der Waals surface area contributed by atoms with Gasteiger partial charge in [-0.2, -0.15) is 9.97 Å². The van der Waals surface area contributed by atoms with Gasteiger partial charge in [0.1, 0.15) is 5.82 Å². The topological polar surface area (TPSA) is 152 Å². The number of benzene rings is 2. The van der Waals surface area contributed by atoms with Gasteiger partial charge in [0.25, 0.3) is 0 Å². The van der Waals surface area contributed by atoms with E-state index < -0.39 is 11.9 Å². The van der Waals surface area contributed by atoms with E-state index in [0.717, 1.165) is 11.1 Å². The largest absolute Gasteiger partial charge is 0.394 e. The number of carbonyl (C=O) groups is 1. The average molecular weight is 445 g/mol. The van der Waals surface area contributed by atoms with E-state index in [1.807, 2.05) is 30.3 Å². The van der Waals surface area contributed by atoms with Crippen LogP contribution in [0, 0.1) is 13.8 Å². The van der Waals surface area contributed by atoms with E-state index >= 15 is 0 Å². The van der Waals surface area contributed by atoms with E-state index in [4.69, 9.17) is 10.3 Å². The number of rotatable bonds is 8. The summed E-state index contributed by atoms with van der Waals surface area (Å²) in [5.74, 6) is 0.967. The van der Waals surface area contributed by atoms with Crippen LogP contribution >= 0.6 is 0 Å². The molecule has 10 nitrogen and oxygen atoms in total. The SMILES string of the molecule is Cc1nc(-c2cnc(Nc3ccc(C(N)=O)c(C)c3)nc2N[C@H](CO)c2ccccc2)no1. The molecule has 1 amide bonds. The molecule has 4 rings (SSSR count). The Morgan fingerprint density at radius 2 is 1.94 bits per heavy atom. The predicted molar refractivity (Wildman–Crippen MR) is 123 cm³/mol. The Hall–Kier alpha value is -4.31. The monoisotopic (exact) mass is 445 g/mol. The van der Waals surface area contributed by atoms with E-state index in [0.29, 0.717) is 40.3 Å². The van der Waals surface area contributed by atoms with Gasteiger partial charge in [-0.05, 0) is 36.2 Å². The van der Waals surface area contributed by atoms with Crippen molar-refractivity contribution in [1.29, 1.82) is 0 Å². The van der Waals surface area contributed by atoms with Gasteiger partial charge >= 0.3 is 0 Å². The van der Waals surface area contributed by atoms with Gasteiger partial charge in [0.15, 0.2) is 0 Å². The maximum absolute atomic E-state index is 11.5. The van der Waals surface area contributed by atoms with Crippen LogP contribution in [0.1, 0.15) is 33.4 Å². The molecule has 0 radical (unpaired) electrons. The quantitative estimate of drug-likeness (QED) is 0.320. The molecular formula is C23H23N7O3. The number of hydrogen-bond donors (Lipinski definition) is 4. The summed E-state index contributed by atoms with van der Waals surface area (Å²) in [5, 5.41) is 20.4. The van der Waals surface area contributed by atoms with Crippen LogP contribution < -0.4 is 16.4 Å². The number of aliphatic hydroxyl groups excluding tert-OH is 1. The van der Waals surface area contributed by atoms with Crippen molar-refractivity contribution in [2.45, 2.75) is 19.9 Å². The van der Waals surface area contributed by atoms with Crippen molar-refractivity contribution in [2.75, 3.05) is 17.2 Å². The molecule has 5 N–H and O–H groups in total. The number of nitrogens with one attached hydrogen (secondary N) is 2. The first-order chi connectivity index (χ1) is 15.9. The minimum absolute atomic E-state index is 0.157. The predicted octanol–water partition coefficient (Wildman–Crippen LogP) is 3.13. The summed E-state index contributed by atoms with van der Waals surface area (Å²) in [6, 6.07) is 14.3. The number of nitrogens with zero attached hydrogens (tertiary/aromatic N) is 4. The van der Waals surface area contributed by atoms with Crippen molar-refractivity contribution in [1.82, 2.24) is 20.1 Å². The molecule has 0 saturated carbocycles. The summed E-state index contributed by atoms with van der Waals surface area (Å²) in [4.78, 5) is 24.7. The van der Waals surface area contributed by atoms with Gasteiger partial charge in [-0.15, -0.1) is 0 Å². The minimum atomic E-state index is -0.488. The summed E-state index contributed by atoms with van der Waals surface area (Å²) in [6.45, 7) is 3.33. The molecule has 33 heavy (non-hydrogen) atoms. The van der Waals surface area contributed by atoms with Crippen LogP contribution in [0.15, 0.2) is 59.3 Å². The molecule has 0 bridgehead atoms. The Kier molecular flexibility index (Phi) is 6.27. The van der Waals surface area contributed by atoms with Crippen molar-refractivity contribution in [3.8, 4) is 11.4 Å². The molecule has 0 aliphatic rings. The molecule has 0 spiro atoms. The van der Waals surface area contributed by atoms with Gasteiger partial charge in [-0.3, -0.25) is 4.79 Å². The lowest BCUT2D eigenvalue weighted by Gasteiger charge is -2.19. The van der Waals surface area contributed by atoms with Crippen LogP contribution in [0.2, 0.25) is 0 Å². The second-order valence-corrected chi connectivity index (χ2v) is 7.40. The molecule has 4 aromatic rings. The van der Waals surface area contributed by atoms with E-state index in [9.17, 15) is 9.90 Å². The molecule has 0 aliphatic heterocycles. The fourth-order valence-electron chi connectivity index (χ4n) is 3.36. The second-order valence-electron chi connectivity index (χ2n) is 7.40. The zero-order valence-corrected chi connectivity index (χ0v) is 18.1. The number of primary amides is 1. The number of anilines is 3. The molecule has 10 heteroatoms. The Labute approximate surface area is 189 Å². The van der Waals surface area contributed by atoms with E-state index in [1.165, 1.54) is 0 Å². The molecule has 0 unspecified atom stereocenters. The van der Waals surface area contributed by atoms with Crippen molar-refractivity contribution in [3.63, 3.8) is 0 Å². The summed E-state index contributed by atoms with van der Waals surface area (Å²) >= 11 is 0. The first-order valence-corrected chi connectivity index (χ1v) is 10.2. The first-order valence-electron chi connectivity index (χ1n) is 10.2. The highest BCUT2D eigenvalue weighted by Gasteiger charge is 2.19. The molecule has 2 aromatic heterocycles. The Bertz CT molecular complexity index is 1270. The van der Waals surface area contributed by atoms with Crippen molar-refractivity contribution < 1.29 is 14.4 Å². The maximum Gasteiger partial charge on any atom is 0.248 e. The van der Waals surface area contributed by atoms with Crippen LogP contribution in [0.25, 0.3) is 11.4 Å². The summed E-state index contributed by atoms with van der Waals surface area (Å²) < 4.78 is 5.11. The fourth-order valence-corrected chi connectivity index (χ4v) is 3.36. The highest BCUT2D eigenvalue weighted by atomic mass is 16.5. The number of aryl methyl sites for hydroxylation is 2. The third kappa shape index (κ3) is 4.96. The van der Waals surface area contributed by atoms with Gasteiger partial charge < -0.3 is 26.0 Å². The standard InChI is InChI=1S/C23H23N7O3/c1-13-10-16(8-9-17(13)20(24)32)27-23-25-11-18(22-26-14(2)33-30-22)21(29-23)28-19(12-31)15-6-4-3-5-7-15/h3-11,19,31H,12H2,1-2H3,(H2,24,32)(H2,25,27,28,29)/t19-/m1/s1. The molecular weight excluding hydrogens is 422 g/mol. The van der Waals surface area contributed by atoms with Gasteiger partial charge in [-0.1, -0.05) is 35.5 Å². The van der Waals surface area contributed by atoms with E-state index in [1.54, 1.807) is 38.2 Å². The molecule has 2 heterocycles. The summed E-state index contributed by atoms with van der Waals surface area (Å²) in [5.41, 5.74) is 8.66. The minimum Gasteiger partial charge on any atom is -0.394 e. The molecule has 1 atom stereocenters. The maximum atomic E-state index is 11.5. The number of hydrogen-bond acceptors (Lipinski definition) is 9. The second kappa shape index (κ2) is 9.45. The lowest BCUT2D eigenvalue weighted by molar-refractivity contribution is 0.0999. The summed E-state index contributed by atoms with van der Waals surface area (Å²) in [7, 11) is 0. The number of aromatic nitrogens is 4. The van der Waals surface area contributed by atoms with Crippen molar-refractivity contribution in [3.05, 3.63) is 77.3 Å². The third-order valence-electron chi connectivity index (χ3n) is 5.00. The van der Waals surface area contributed by atoms with Crippen molar-refractivity contribution >= 4 is 23.4 Å².